The van der Waals surface area contributed by atoms with E-state index >= 15 is 0 Å². The molecule has 0 spiro atoms. The number of ether oxygens (including phenoxy) is 1. The van der Waals surface area contributed by atoms with Crippen molar-refractivity contribution in [3.05, 3.63) is 6.33 Å². The summed E-state index contributed by atoms with van der Waals surface area (Å²) in [7, 11) is 3.71. The van der Waals surface area contributed by atoms with Crippen LogP contribution in [0.3, 0.4) is 0 Å². The Kier molecular flexibility index (Phi) is 2.98. The number of rotatable bonds is 2. The summed E-state index contributed by atoms with van der Waals surface area (Å²) < 4.78 is 7.23. The minimum absolute atomic E-state index is 0.348. The fourth-order valence-electron chi connectivity index (χ4n) is 2.67. The molecule has 19 heavy (non-hydrogen) atoms. The molecule has 1 fully saturated rings. The van der Waals surface area contributed by atoms with E-state index in [1.165, 1.54) is 6.33 Å². The molecular formula is C12H18N6O. The predicted octanol–water partition coefficient (Wildman–Crippen LogP) is 0.684. The molecule has 0 unspecified atom stereocenters. The molecule has 3 heterocycles. The summed E-state index contributed by atoms with van der Waals surface area (Å²) in [5.74, 6) is 0.965. The van der Waals surface area contributed by atoms with Crippen molar-refractivity contribution in [1.82, 2.24) is 24.4 Å². The summed E-state index contributed by atoms with van der Waals surface area (Å²) in [5, 5.41) is 0. The van der Waals surface area contributed by atoms with Crippen LogP contribution in [-0.4, -0.2) is 51.7 Å². The molecule has 0 atom stereocenters. The molecule has 0 radical (unpaired) electrons. The Labute approximate surface area is 111 Å². The average Bonchev–Trinajstić information content (AvgIpc) is 2.76. The molecular weight excluding hydrogens is 244 g/mol. The first kappa shape index (κ1) is 12.2. The van der Waals surface area contributed by atoms with Crippen LogP contribution in [-0.2, 0) is 0 Å². The maximum absolute atomic E-state index is 6.06. The van der Waals surface area contributed by atoms with E-state index < -0.39 is 0 Å². The summed E-state index contributed by atoms with van der Waals surface area (Å²) in [5.41, 5.74) is 7.46. The molecule has 3 rings (SSSR count). The zero-order valence-electron chi connectivity index (χ0n) is 11.2. The van der Waals surface area contributed by atoms with E-state index in [0.717, 1.165) is 31.6 Å². The van der Waals surface area contributed by atoms with Crippen molar-refractivity contribution in [2.45, 2.75) is 18.9 Å². The van der Waals surface area contributed by atoms with Gasteiger partial charge in [0.05, 0.1) is 7.11 Å². The molecule has 102 valence electrons. The number of anilines is 1. The standard InChI is InChI=1S/C12H18N6O/c1-17-5-3-8(4-6-17)18-10-9(16-12(18)13)11(19-2)15-7-14-10/h7-8H,3-6H2,1-2H3,(H2,13,16). The minimum Gasteiger partial charge on any atom is -0.479 e. The van der Waals surface area contributed by atoms with Crippen LogP contribution in [0, 0.1) is 0 Å². The van der Waals surface area contributed by atoms with Crippen LogP contribution in [0.5, 0.6) is 5.88 Å². The van der Waals surface area contributed by atoms with Gasteiger partial charge in [0.2, 0.25) is 11.8 Å². The molecule has 2 N–H and O–H groups in total. The Hall–Kier alpha value is -1.89. The first-order valence-electron chi connectivity index (χ1n) is 6.41. The van der Waals surface area contributed by atoms with Gasteiger partial charge in [0, 0.05) is 6.04 Å². The van der Waals surface area contributed by atoms with E-state index in [4.69, 9.17) is 10.5 Å². The molecule has 0 aliphatic carbocycles. The number of hydrogen-bond donors (Lipinski definition) is 1. The van der Waals surface area contributed by atoms with Gasteiger partial charge in [-0.15, -0.1) is 0 Å². The lowest BCUT2D eigenvalue weighted by molar-refractivity contribution is 0.224. The van der Waals surface area contributed by atoms with Gasteiger partial charge in [0.15, 0.2) is 11.2 Å². The first-order chi connectivity index (χ1) is 9.20. The van der Waals surface area contributed by atoms with Gasteiger partial charge in [-0.1, -0.05) is 0 Å². The van der Waals surface area contributed by atoms with Crippen LogP contribution in [0.25, 0.3) is 11.2 Å². The van der Waals surface area contributed by atoms with Gasteiger partial charge < -0.3 is 15.4 Å². The van der Waals surface area contributed by atoms with Crippen LogP contribution < -0.4 is 10.5 Å². The van der Waals surface area contributed by atoms with Crippen LogP contribution in [0.1, 0.15) is 18.9 Å². The van der Waals surface area contributed by atoms with Crippen LogP contribution in [0.15, 0.2) is 6.33 Å². The van der Waals surface area contributed by atoms with Gasteiger partial charge in [0.1, 0.15) is 6.33 Å². The van der Waals surface area contributed by atoms with Crippen LogP contribution in [0.4, 0.5) is 5.95 Å². The molecule has 0 aromatic carbocycles. The summed E-state index contributed by atoms with van der Waals surface area (Å²) in [6, 6.07) is 0.348. The molecule has 7 heteroatoms. The number of aromatic nitrogens is 4. The highest BCUT2D eigenvalue weighted by molar-refractivity contribution is 5.79. The predicted molar refractivity (Wildman–Crippen MR) is 72.1 cm³/mol. The van der Waals surface area contributed by atoms with Crippen LogP contribution in [0.2, 0.25) is 0 Å². The minimum atomic E-state index is 0.348. The van der Waals surface area contributed by atoms with Gasteiger partial charge in [-0.2, -0.15) is 4.98 Å². The molecule has 7 nitrogen and oxygen atoms in total. The van der Waals surface area contributed by atoms with E-state index in [9.17, 15) is 0 Å². The van der Waals surface area contributed by atoms with E-state index in [1.807, 2.05) is 4.57 Å². The Bertz CT molecular complexity index is 587. The second-order valence-electron chi connectivity index (χ2n) is 4.93. The third-order valence-corrected chi connectivity index (χ3v) is 3.72. The van der Waals surface area contributed by atoms with Gasteiger partial charge in [0.25, 0.3) is 0 Å². The van der Waals surface area contributed by atoms with E-state index in [1.54, 1.807) is 7.11 Å². The van der Waals surface area contributed by atoms with Crippen molar-refractivity contribution in [2.24, 2.45) is 0 Å². The molecule has 0 bridgehead atoms. The molecule has 0 amide bonds. The second kappa shape index (κ2) is 4.65. The SMILES string of the molecule is COc1ncnc2c1nc(N)n2C1CCN(C)CC1. The van der Waals surface area contributed by atoms with Crippen molar-refractivity contribution >= 4 is 17.1 Å². The molecule has 2 aromatic heterocycles. The number of piperidine rings is 1. The smallest absolute Gasteiger partial charge is 0.245 e. The molecule has 1 aliphatic heterocycles. The number of imidazole rings is 1. The van der Waals surface area contributed by atoms with Crippen molar-refractivity contribution in [3.8, 4) is 5.88 Å². The highest BCUT2D eigenvalue weighted by Gasteiger charge is 2.24. The second-order valence-corrected chi connectivity index (χ2v) is 4.93. The summed E-state index contributed by atoms with van der Waals surface area (Å²) in [6.07, 6.45) is 3.60. The molecule has 1 saturated heterocycles. The fraction of sp³-hybridized carbons (Fsp3) is 0.583. The summed E-state index contributed by atoms with van der Waals surface area (Å²) >= 11 is 0. The zero-order chi connectivity index (χ0) is 13.4. The lowest BCUT2D eigenvalue weighted by atomic mass is 10.1. The molecule has 0 saturated carbocycles. The fourth-order valence-corrected chi connectivity index (χ4v) is 2.67. The first-order valence-corrected chi connectivity index (χ1v) is 6.41. The number of nitrogens with two attached hydrogens (primary N) is 1. The van der Waals surface area contributed by atoms with Crippen molar-refractivity contribution in [3.63, 3.8) is 0 Å². The quantitative estimate of drug-likeness (QED) is 0.857. The zero-order valence-corrected chi connectivity index (χ0v) is 11.2. The molecule has 2 aromatic rings. The monoisotopic (exact) mass is 262 g/mol. The maximum Gasteiger partial charge on any atom is 0.245 e. The number of fused-ring (bicyclic) bond motifs is 1. The topological polar surface area (TPSA) is 82.1 Å². The Morgan fingerprint density at radius 2 is 2.05 bits per heavy atom. The van der Waals surface area contributed by atoms with Crippen LogP contribution >= 0.6 is 0 Å². The largest absolute Gasteiger partial charge is 0.479 e. The van der Waals surface area contributed by atoms with Crippen molar-refractivity contribution in [2.75, 3.05) is 33.0 Å². The third kappa shape index (κ3) is 1.99. The van der Waals surface area contributed by atoms with E-state index in [2.05, 4.69) is 26.9 Å². The Morgan fingerprint density at radius 1 is 1.32 bits per heavy atom. The van der Waals surface area contributed by atoms with E-state index in [-0.39, 0.29) is 0 Å². The number of likely N-dealkylation sites (tertiary alicyclic amines) is 1. The Morgan fingerprint density at radius 3 is 2.74 bits per heavy atom. The normalized spacial score (nSPS) is 18.0. The van der Waals surface area contributed by atoms with Gasteiger partial charge in [-0.25, -0.2) is 9.97 Å². The maximum atomic E-state index is 6.06. The number of nitrogens with zero attached hydrogens (tertiary/aromatic N) is 5. The van der Waals surface area contributed by atoms with Crippen molar-refractivity contribution < 1.29 is 4.74 Å². The highest BCUT2D eigenvalue weighted by atomic mass is 16.5. The lowest BCUT2D eigenvalue weighted by Gasteiger charge is -2.30. The number of methoxy groups -OCH3 is 1. The number of hydrogen-bond acceptors (Lipinski definition) is 6. The summed E-state index contributed by atoms with van der Waals surface area (Å²) in [6.45, 7) is 2.12. The molecule has 1 aliphatic rings. The Balaban J connectivity index is 2.06. The van der Waals surface area contributed by atoms with E-state index in [0.29, 0.717) is 23.4 Å². The summed E-state index contributed by atoms with van der Waals surface area (Å²) in [4.78, 5) is 15.1. The average molecular weight is 262 g/mol. The van der Waals surface area contributed by atoms with Gasteiger partial charge in [-0.3, -0.25) is 4.57 Å². The highest BCUT2D eigenvalue weighted by Crippen LogP contribution is 2.30. The third-order valence-electron chi connectivity index (χ3n) is 3.72. The van der Waals surface area contributed by atoms with Crippen molar-refractivity contribution in [1.29, 1.82) is 0 Å². The van der Waals surface area contributed by atoms with Gasteiger partial charge >= 0.3 is 0 Å². The van der Waals surface area contributed by atoms with Gasteiger partial charge in [-0.05, 0) is 33.0 Å². The number of nitrogen functional groups attached to an aromatic ring is 1. The lowest BCUT2D eigenvalue weighted by Crippen LogP contribution is -2.31.